The molecule has 0 fully saturated rings. The average molecular weight is 333 g/mol. The van der Waals surface area contributed by atoms with Crippen molar-refractivity contribution in [1.29, 1.82) is 0 Å². The summed E-state index contributed by atoms with van der Waals surface area (Å²) in [7, 11) is 0. The van der Waals surface area contributed by atoms with Crippen molar-refractivity contribution >= 4 is 12.0 Å². The number of amides is 1. The number of nitrogens with one attached hydrogen (secondary N) is 1. The Morgan fingerprint density at radius 3 is 2.68 bits per heavy atom. The molecule has 0 saturated carbocycles. The SMILES string of the molecule is Cc1ccc(-n2nnnc2CNC(=O)C=Cc2ccccc2)cc1C. The minimum Gasteiger partial charge on any atom is -0.345 e. The minimum absolute atomic E-state index is 0.196. The van der Waals surface area contributed by atoms with Gasteiger partial charge in [0.2, 0.25) is 5.91 Å². The number of aromatic nitrogens is 4. The minimum atomic E-state index is -0.196. The molecular weight excluding hydrogens is 314 g/mol. The van der Waals surface area contributed by atoms with Crippen molar-refractivity contribution in [2.75, 3.05) is 0 Å². The Balaban J connectivity index is 1.66. The van der Waals surface area contributed by atoms with Crippen LogP contribution in [0.15, 0.2) is 54.6 Å². The van der Waals surface area contributed by atoms with Gasteiger partial charge in [0.05, 0.1) is 12.2 Å². The second-order valence-corrected chi connectivity index (χ2v) is 5.74. The highest BCUT2D eigenvalue weighted by atomic mass is 16.1. The number of rotatable bonds is 5. The van der Waals surface area contributed by atoms with Crippen molar-refractivity contribution in [1.82, 2.24) is 25.5 Å². The molecule has 0 bridgehead atoms. The van der Waals surface area contributed by atoms with Crippen LogP contribution in [0.2, 0.25) is 0 Å². The number of carbonyl (C=O) groups excluding carboxylic acids is 1. The second kappa shape index (κ2) is 7.53. The summed E-state index contributed by atoms with van der Waals surface area (Å²) in [6.45, 7) is 4.34. The summed E-state index contributed by atoms with van der Waals surface area (Å²) in [5, 5.41) is 14.5. The summed E-state index contributed by atoms with van der Waals surface area (Å²) in [4.78, 5) is 12.0. The summed E-state index contributed by atoms with van der Waals surface area (Å²) < 4.78 is 1.63. The first-order chi connectivity index (χ1) is 12.1. The van der Waals surface area contributed by atoms with E-state index in [2.05, 4.69) is 27.8 Å². The van der Waals surface area contributed by atoms with Gasteiger partial charge >= 0.3 is 0 Å². The predicted molar refractivity (Wildman–Crippen MR) is 96.0 cm³/mol. The highest BCUT2D eigenvalue weighted by Crippen LogP contribution is 2.14. The molecular formula is C19H19N5O. The Labute approximate surface area is 146 Å². The van der Waals surface area contributed by atoms with E-state index in [1.807, 2.05) is 55.5 Å². The molecule has 0 atom stereocenters. The van der Waals surface area contributed by atoms with Gasteiger partial charge in [0.15, 0.2) is 5.82 Å². The number of carbonyl (C=O) groups is 1. The molecule has 0 saturated heterocycles. The molecule has 2 aromatic carbocycles. The van der Waals surface area contributed by atoms with Crippen LogP contribution in [0.5, 0.6) is 0 Å². The van der Waals surface area contributed by atoms with E-state index < -0.39 is 0 Å². The molecule has 0 unspecified atom stereocenters. The van der Waals surface area contributed by atoms with Gasteiger partial charge in [-0.05, 0) is 59.2 Å². The summed E-state index contributed by atoms with van der Waals surface area (Å²) in [6.07, 6.45) is 3.27. The van der Waals surface area contributed by atoms with Crippen LogP contribution in [0.4, 0.5) is 0 Å². The van der Waals surface area contributed by atoms with E-state index in [1.54, 1.807) is 10.8 Å². The van der Waals surface area contributed by atoms with Crippen LogP contribution in [-0.4, -0.2) is 26.1 Å². The highest BCUT2D eigenvalue weighted by Gasteiger charge is 2.09. The summed E-state index contributed by atoms with van der Waals surface area (Å²) in [5.41, 5.74) is 4.21. The Hall–Kier alpha value is -3.28. The van der Waals surface area contributed by atoms with Crippen molar-refractivity contribution in [3.63, 3.8) is 0 Å². The number of tetrazole rings is 1. The maximum absolute atomic E-state index is 12.0. The number of nitrogens with zero attached hydrogens (tertiary/aromatic N) is 4. The van der Waals surface area contributed by atoms with E-state index in [9.17, 15) is 4.79 Å². The molecule has 0 aliphatic heterocycles. The standard InChI is InChI=1S/C19H19N5O/c1-14-8-10-17(12-15(14)2)24-18(21-22-23-24)13-20-19(25)11-9-16-6-4-3-5-7-16/h3-12H,13H2,1-2H3,(H,20,25). The Morgan fingerprint density at radius 1 is 1.12 bits per heavy atom. The monoisotopic (exact) mass is 333 g/mol. The van der Waals surface area contributed by atoms with E-state index in [-0.39, 0.29) is 12.5 Å². The molecule has 1 aromatic heterocycles. The molecule has 6 heteroatoms. The van der Waals surface area contributed by atoms with Crippen molar-refractivity contribution in [3.05, 3.63) is 77.1 Å². The van der Waals surface area contributed by atoms with Gasteiger partial charge in [0, 0.05) is 6.08 Å². The fourth-order valence-electron chi connectivity index (χ4n) is 2.34. The quantitative estimate of drug-likeness (QED) is 0.729. The average Bonchev–Trinajstić information content (AvgIpc) is 3.10. The van der Waals surface area contributed by atoms with Gasteiger partial charge < -0.3 is 5.32 Å². The van der Waals surface area contributed by atoms with E-state index in [0.717, 1.165) is 16.8 Å². The maximum atomic E-state index is 12.0. The van der Waals surface area contributed by atoms with Crippen LogP contribution in [0.25, 0.3) is 11.8 Å². The molecule has 1 amide bonds. The van der Waals surface area contributed by atoms with E-state index in [4.69, 9.17) is 0 Å². The lowest BCUT2D eigenvalue weighted by molar-refractivity contribution is -0.116. The third-order valence-electron chi connectivity index (χ3n) is 3.92. The number of aryl methyl sites for hydroxylation is 2. The number of hydrogen-bond donors (Lipinski definition) is 1. The lowest BCUT2D eigenvalue weighted by Crippen LogP contribution is -2.22. The van der Waals surface area contributed by atoms with Crippen LogP contribution in [0.3, 0.4) is 0 Å². The third-order valence-corrected chi connectivity index (χ3v) is 3.92. The summed E-state index contributed by atoms with van der Waals surface area (Å²) >= 11 is 0. The molecule has 126 valence electrons. The number of benzene rings is 2. The van der Waals surface area contributed by atoms with Gasteiger partial charge in [-0.3, -0.25) is 4.79 Å². The fourth-order valence-corrected chi connectivity index (χ4v) is 2.34. The first kappa shape index (κ1) is 16.6. The molecule has 6 nitrogen and oxygen atoms in total. The molecule has 1 N–H and O–H groups in total. The topological polar surface area (TPSA) is 72.7 Å². The fraction of sp³-hybridized carbons (Fsp3) is 0.158. The van der Waals surface area contributed by atoms with Crippen LogP contribution < -0.4 is 5.32 Å². The Morgan fingerprint density at radius 2 is 1.92 bits per heavy atom. The van der Waals surface area contributed by atoms with Gasteiger partial charge in [-0.1, -0.05) is 36.4 Å². The van der Waals surface area contributed by atoms with E-state index in [1.165, 1.54) is 11.6 Å². The first-order valence-electron chi connectivity index (χ1n) is 7.99. The smallest absolute Gasteiger partial charge is 0.244 e. The van der Waals surface area contributed by atoms with Gasteiger partial charge in [-0.15, -0.1) is 5.10 Å². The van der Waals surface area contributed by atoms with Crippen LogP contribution in [-0.2, 0) is 11.3 Å². The van der Waals surface area contributed by atoms with Crippen LogP contribution >= 0.6 is 0 Å². The molecule has 3 rings (SSSR count). The zero-order valence-electron chi connectivity index (χ0n) is 14.2. The largest absolute Gasteiger partial charge is 0.345 e. The van der Waals surface area contributed by atoms with Crippen molar-refractivity contribution < 1.29 is 4.79 Å². The lowest BCUT2D eigenvalue weighted by Gasteiger charge is -2.07. The van der Waals surface area contributed by atoms with E-state index >= 15 is 0 Å². The summed E-state index contributed by atoms with van der Waals surface area (Å²) in [5.74, 6) is 0.378. The zero-order valence-corrected chi connectivity index (χ0v) is 14.2. The van der Waals surface area contributed by atoms with Crippen LogP contribution in [0, 0.1) is 13.8 Å². The Bertz CT molecular complexity index is 899. The summed E-state index contributed by atoms with van der Waals surface area (Å²) in [6, 6.07) is 15.7. The molecule has 3 aromatic rings. The molecule has 25 heavy (non-hydrogen) atoms. The van der Waals surface area contributed by atoms with Gasteiger partial charge in [-0.25, -0.2) is 0 Å². The zero-order chi connectivity index (χ0) is 17.6. The third kappa shape index (κ3) is 4.17. The Kier molecular flexibility index (Phi) is 4.99. The number of hydrogen-bond acceptors (Lipinski definition) is 4. The van der Waals surface area contributed by atoms with Gasteiger partial charge in [0.1, 0.15) is 0 Å². The van der Waals surface area contributed by atoms with Crippen molar-refractivity contribution in [2.45, 2.75) is 20.4 Å². The molecule has 1 heterocycles. The van der Waals surface area contributed by atoms with Crippen molar-refractivity contribution in [2.24, 2.45) is 0 Å². The second-order valence-electron chi connectivity index (χ2n) is 5.74. The van der Waals surface area contributed by atoms with Crippen LogP contribution in [0.1, 0.15) is 22.5 Å². The lowest BCUT2D eigenvalue weighted by atomic mass is 10.1. The molecule has 0 aliphatic rings. The predicted octanol–water partition coefficient (Wildman–Crippen LogP) is 2.61. The normalized spacial score (nSPS) is 11.0. The van der Waals surface area contributed by atoms with Crippen molar-refractivity contribution in [3.8, 4) is 5.69 Å². The maximum Gasteiger partial charge on any atom is 0.244 e. The van der Waals surface area contributed by atoms with Gasteiger partial charge in [0.25, 0.3) is 0 Å². The van der Waals surface area contributed by atoms with Gasteiger partial charge in [-0.2, -0.15) is 4.68 Å². The van der Waals surface area contributed by atoms with E-state index in [0.29, 0.717) is 5.82 Å². The molecule has 0 spiro atoms. The molecule has 0 aliphatic carbocycles. The molecule has 0 radical (unpaired) electrons. The highest BCUT2D eigenvalue weighted by molar-refractivity contribution is 5.91. The first-order valence-corrected chi connectivity index (χ1v) is 7.99.